The van der Waals surface area contributed by atoms with Crippen molar-refractivity contribution in [3.05, 3.63) is 70.2 Å². The minimum atomic E-state index is -2.98. The average Bonchev–Trinajstić information content (AvgIpc) is 3.22. The molecule has 174 valence electrons. The number of nitrogens with zero attached hydrogens (tertiary/aromatic N) is 4. The SMILES string of the molecule is C[C@@H](Oc1ccc2[nH]nc(-c3ccc(C4=CCS(=O)(=O)CC4)nc3)c2n1)c1c(Cl)cncc1Cl. The minimum absolute atomic E-state index is 0.0524. The molecule has 4 aromatic rings. The molecular formula is C23H19Cl2N5O3S. The average molecular weight is 516 g/mol. The smallest absolute Gasteiger partial charge is 0.214 e. The van der Waals surface area contributed by atoms with E-state index in [1.165, 1.54) is 12.4 Å². The van der Waals surface area contributed by atoms with Gasteiger partial charge in [-0.15, -0.1) is 0 Å². The molecule has 0 spiro atoms. The van der Waals surface area contributed by atoms with Crippen molar-refractivity contribution >= 4 is 49.6 Å². The Morgan fingerprint density at radius 1 is 1.09 bits per heavy atom. The van der Waals surface area contributed by atoms with Crippen molar-refractivity contribution in [2.75, 3.05) is 11.5 Å². The second-order valence-corrected chi connectivity index (χ2v) is 11.0. The quantitative estimate of drug-likeness (QED) is 0.395. The summed E-state index contributed by atoms with van der Waals surface area (Å²) in [5, 5.41) is 8.22. The maximum absolute atomic E-state index is 11.7. The Bertz CT molecular complexity index is 1500. The number of H-pyrrole nitrogens is 1. The molecule has 1 atom stereocenters. The van der Waals surface area contributed by atoms with Gasteiger partial charge >= 0.3 is 0 Å². The van der Waals surface area contributed by atoms with Crippen LogP contribution in [0, 0.1) is 0 Å². The van der Waals surface area contributed by atoms with Crippen LogP contribution in [0.5, 0.6) is 5.88 Å². The Balaban J connectivity index is 1.42. The zero-order chi connectivity index (χ0) is 23.9. The van der Waals surface area contributed by atoms with Gasteiger partial charge in [-0.05, 0) is 37.1 Å². The van der Waals surface area contributed by atoms with Gasteiger partial charge in [-0.25, -0.2) is 13.4 Å². The minimum Gasteiger partial charge on any atom is -0.470 e. The van der Waals surface area contributed by atoms with E-state index in [-0.39, 0.29) is 11.5 Å². The number of ether oxygens (including phenoxy) is 1. The second kappa shape index (κ2) is 8.98. The molecule has 11 heteroatoms. The molecule has 0 unspecified atom stereocenters. The number of hydrogen-bond acceptors (Lipinski definition) is 7. The van der Waals surface area contributed by atoms with Crippen molar-refractivity contribution in [3.63, 3.8) is 0 Å². The summed E-state index contributed by atoms with van der Waals surface area (Å²) >= 11 is 12.5. The van der Waals surface area contributed by atoms with Crippen molar-refractivity contribution < 1.29 is 13.2 Å². The zero-order valence-corrected chi connectivity index (χ0v) is 20.3. The Morgan fingerprint density at radius 2 is 1.88 bits per heavy atom. The number of sulfone groups is 1. The van der Waals surface area contributed by atoms with Gasteiger partial charge < -0.3 is 4.74 Å². The third kappa shape index (κ3) is 4.51. The summed E-state index contributed by atoms with van der Waals surface area (Å²) in [4.78, 5) is 13.1. The van der Waals surface area contributed by atoms with Crippen molar-refractivity contribution in [1.29, 1.82) is 0 Å². The summed E-state index contributed by atoms with van der Waals surface area (Å²) in [6, 6.07) is 7.35. The molecule has 0 aliphatic carbocycles. The lowest BCUT2D eigenvalue weighted by Gasteiger charge is -2.16. The van der Waals surface area contributed by atoms with Gasteiger partial charge in [0.15, 0.2) is 9.84 Å². The number of nitrogens with one attached hydrogen (secondary N) is 1. The van der Waals surface area contributed by atoms with Crippen molar-refractivity contribution in [2.45, 2.75) is 19.4 Å². The second-order valence-electron chi connectivity index (χ2n) is 7.92. The molecule has 0 saturated carbocycles. The van der Waals surface area contributed by atoms with Crippen LogP contribution >= 0.6 is 23.2 Å². The highest BCUT2D eigenvalue weighted by atomic mass is 35.5. The van der Waals surface area contributed by atoms with E-state index in [1.807, 2.05) is 25.1 Å². The maximum Gasteiger partial charge on any atom is 0.214 e. The number of rotatable bonds is 5. The fraction of sp³-hybridized carbons (Fsp3) is 0.217. The molecule has 0 saturated heterocycles. The first-order chi connectivity index (χ1) is 16.3. The van der Waals surface area contributed by atoms with Crippen LogP contribution in [0.2, 0.25) is 10.0 Å². The van der Waals surface area contributed by atoms with Crippen LogP contribution in [0.1, 0.15) is 30.7 Å². The van der Waals surface area contributed by atoms with Gasteiger partial charge in [0, 0.05) is 35.8 Å². The fourth-order valence-corrected chi connectivity index (χ4v) is 5.66. The largest absolute Gasteiger partial charge is 0.470 e. The third-order valence-electron chi connectivity index (χ3n) is 5.61. The Labute approximate surface area is 205 Å². The van der Waals surface area contributed by atoms with Crippen molar-refractivity contribution in [1.82, 2.24) is 25.1 Å². The fourth-order valence-electron chi connectivity index (χ4n) is 3.83. The van der Waals surface area contributed by atoms with E-state index < -0.39 is 15.9 Å². The first kappa shape index (κ1) is 22.8. The third-order valence-corrected chi connectivity index (χ3v) is 7.71. The van der Waals surface area contributed by atoms with E-state index in [1.54, 1.807) is 18.3 Å². The molecule has 1 aliphatic rings. The van der Waals surface area contributed by atoms with E-state index in [4.69, 9.17) is 27.9 Å². The normalized spacial score (nSPS) is 16.3. The number of pyridine rings is 3. The van der Waals surface area contributed by atoms with Crippen molar-refractivity contribution in [3.8, 4) is 17.1 Å². The molecule has 1 N–H and O–H groups in total. The molecule has 34 heavy (non-hydrogen) atoms. The highest BCUT2D eigenvalue weighted by Gasteiger charge is 2.20. The number of aromatic amines is 1. The van der Waals surface area contributed by atoms with Gasteiger partial charge in [0.25, 0.3) is 0 Å². The molecular weight excluding hydrogens is 497 g/mol. The van der Waals surface area contributed by atoms with Crippen LogP contribution in [0.4, 0.5) is 0 Å². The lowest BCUT2D eigenvalue weighted by atomic mass is 10.1. The van der Waals surface area contributed by atoms with Crippen LogP contribution in [0.25, 0.3) is 27.9 Å². The molecule has 0 fully saturated rings. The molecule has 1 aliphatic heterocycles. The van der Waals surface area contributed by atoms with Gasteiger partial charge in [-0.1, -0.05) is 29.3 Å². The number of aromatic nitrogens is 5. The van der Waals surface area contributed by atoms with E-state index in [9.17, 15) is 8.42 Å². The summed E-state index contributed by atoms with van der Waals surface area (Å²) in [5.74, 6) is 0.592. The molecule has 8 nitrogen and oxygen atoms in total. The molecule has 0 amide bonds. The number of fused-ring (bicyclic) bond motifs is 1. The van der Waals surface area contributed by atoms with Crippen LogP contribution in [-0.4, -0.2) is 45.1 Å². The Morgan fingerprint density at radius 3 is 2.56 bits per heavy atom. The monoisotopic (exact) mass is 515 g/mol. The summed E-state index contributed by atoms with van der Waals surface area (Å²) in [6.07, 6.45) is 6.50. The van der Waals surface area contributed by atoms with Crippen LogP contribution in [-0.2, 0) is 9.84 Å². The predicted octanol–water partition coefficient (Wildman–Crippen LogP) is 5.06. The highest BCUT2D eigenvalue weighted by molar-refractivity contribution is 7.91. The topological polar surface area (TPSA) is 111 Å². The maximum atomic E-state index is 11.7. The lowest BCUT2D eigenvalue weighted by Crippen LogP contribution is -2.15. The van der Waals surface area contributed by atoms with Crippen LogP contribution in [0.3, 0.4) is 0 Å². The van der Waals surface area contributed by atoms with Gasteiger partial charge in [0.2, 0.25) is 5.88 Å². The summed E-state index contributed by atoms with van der Waals surface area (Å²) < 4.78 is 29.3. The summed E-state index contributed by atoms with van der Waals surface area (Å²) in [5.41, 5.74) is 5.12. The van der Waals surface area contributed by atoms with Gasteiger partial charge in [-0.3, -0.25) is 15.1 Å². The molecule has 0 bridgehead atoms. The van der Waals surface area contributed by atoms with E-state index in [2.05, 4.69) is 25.1 Å². The van der Waals surface area contributed by atoms with Gasteiger partial charge in [0.05, 0.1) is 32.8 Å². The first-order valence-electron chi connectivity index (χ1n) is 10.5. The number of hydrogen-bond donors (Lipinski definition) is 1. The van der Waals surface area contributed by atoms with E-state index >= 15 is 0 Å². The van der Waals surface area contributed by atoms with Gasteiger partial charge in [-0.2, -0.15) is 5.10 Å². The van der Waals surface area contributed by atoms with E-state index in [0.29, 0.717) is 39.1 Å². The molecule has 5 rings (SSSR count). The van der Waals surface area contributed by atoms with Crippen molar-refractivity contribution in [2.24, 2.45) is 0 Å². The summed E-state index contributed by atoms with van der Waals surface area (Å²) in [6.45, 7) is 1.84. The standard InChI is InChI=1S/C23H19Cl2N5O3S/c1-13(21-16(24)11-26-12-17(21)25)33-20-5-4-19-23(28-20)22(30-29-19)15-2-3-18(27-10-15)14-6-8-34(31,32)9-7-14/h2-6,10-13H,7-9H2,1H3,(H,29,30)/t13-/m1/s1. The van der Waals surface area contributed by atoms with Crippen LogP contribution in [0.15, 0.2) is 48.9 Å². The number of allylic oxidation sites excluding steroid dienone is 1. The highest BCUT2D eigenvalue weighted by Crippen LogP contribution is 2.33. The molecule has 4 aromatic heterocycles. The van der Waals surface area contributed by atoms with Crippen LogP contribution < -0.4 is 4.74 Å². The van der Waals surface area contributed by atoms with E-state index in [0.717, 1.165) is 22.3 Å². The van der Waals surface area contributed by atoms with Gasteiger partial charge in [0.1, 0.15) is 17.3 Å². The molecule has 0 radical (unpaired) electrons. The summed E-state index contributed by atoms with van der Waals surface area (Å²) in [7, 11) is -2.98. The number of halogens is 2. The molecule has 5 heterocycles. The lowest BCUT2D eigenvalue weighted by molar-refractivity contribution is 0.218. The zero-order valence-electron chi connectivity index (χ0n) is 18.0. The molecule has 0 aromatic carbocycles. The first-order valence-corrected chi connectivity index (χ1v) is 13.1. The Kier molecular flexibility index (Phi) is 6.01. The Hall–Kier alpha value is -3.01. The predicted molar refractivity (Wildman–Crippen MR) is 132 cm³/mol.